The van der Waals surface area contributed by atoms with Crippen LogP contribution in [0, 0.1) is 0 Å². The van der Waals surface area contributed by atoms with Crippen molar-refractivity contribution in [3.63, 3.8) is 0 Å². The molecule has 0 spiro atoms. The predicted octanol–water partition coefficient (Wildman–Crippen LogP) is 2.65. The van der Waals surface area contributed by atoms with Crippen molar-refractivity contribution in [2.24, 2.45) is 0 Å². The van der Waals surface area contributed by atoms with E-state index in [0.29, 0.717) is 48.1 Å². The van der Waals surface area contributed by atoms with Crippen LogP contribution in [0.25, 0.3) is 11.3 Å². The number of sulfone groups is 1. The Morgan fingerprint density at radius 3 is 2.79 bits per heavy atom. The van der Waals surface area contributed by atoms with Crippen LogP contribution in [-0.2, 0) is 29.3 Å². The fourth-order valence-corrected chi connectivity index (χ4v) is 4.04. The smallest absolute Gasteiger partial charge is 0.256 e. The van der Waals surface area contributed by atoms with E-state index < -0.39 is 15.4 Å². The third kappa shape index (κ3) is 3.76. The van der Waals surface area contributed by atoms with Crippen molar-refractivity contribution in [3.8, 4) is 11.3 Å². The summed E-state index contributed by atoms with van der Waals surface area (Å²) in [4.78, 5) is 20.9. The van der Waals surface area contributed by atoms with Gasteiger partial charge in [0.2, 0.25) is 15.0 Å². The minimum Gasteiger partial charge on any atom is -0.460 e. The zero-order valence-corrected chi connectivity index (χ0v) is 16.7. The summed E-state index contributed by atoms with van der Waals surface area (Å²) in [5.41, 5.74) is 1.45. The highest BCUT2D eigenvalue weighted by atomic mass is 35.5. The van der Waals surface area contributed by atoms with Crippen molar-refractivity contribution in [2.75, 3.05) is 12.8 Å². The molecule has 146 valence electrons. The molecule has 1 aliphatic heterocycles. The molecule has 0 saturated carbocycles. The van der Waals surface area contributed by atoms with Crippen molar-refractivity contribution < 1.29 is 12.8 Å². The van der Waals surface area contributed by atoms with Crippen molar-refractivity contribution in [1.29, 1.82) is 0 Å². The molecule has 28 heavy (non-hydrogen) atoms. The zero-order valence-electron chi connectivity index (χ0n) is 15.1. The molecule has 0 saturated heterocycles. The van der Waals surface area contributed by atoms with Gasteiger partial charge in [0.1, 0.15) is 11.5 Å². The minimum absolute atomic E-state index is 0.278. The lowest BCUT2D eigenvalue weighted by atomic mass is 10.1. The number of nitrogens with zero attached hydrogens (tertiary/aromatic N) is 2. The van der Waals surface area contributed by atoms with Gasteiger partial charge in [-0.2, -0.15) is 0 Å². The van der Waals surface area contributed by atoms with Crippen molar-refractivity contribution in [2.45, 2.75) is 24.7 Å². The van der Waals surface area contributed by atoms with Gasteiger partial charge in [-0.1, -0.05) is 23.7 Å². The van der Waals surface area contributed by atoms with Gasteiger partial charge in [-0.25, -0.2) is 13.4 Å². The van der Waals surface area contributed by atoms with Crippen LogP contribution in [0.3, 0.4) is 0 Å². The van der Waals surface area contributed by atoms with Crippen LogP contribution in [0.5, 0.6) is 0 Å². The predicted molar refractivity (Wildman–Crippen MR) is 105 cm³/mol. The molecule has 1 N–H and O–H groups in total. The van der Waals surface area contributed by atoms with Gasteiger partial charge in [0.15, 0.2) is 0 Å². The summed E-state index contributed by atoms with van der Waals surface area (Å²) in [6.45, 7) is 1.55. The van der Waals surface area contributed by atoms with E-state index in [4.69, 9.17) is 16.0 Å². The van der Waals surface area contributed by atoms with E-state index in [0.717, 1.165) is 17.6 Å². The lowest BCUT2D eigenvalue weighted by Crippen LogP contribution is -2.36. The normalized spacial score (nSPS) is 14.8. The van der Waals surface area contributed by atoms with Crippen LogP contribution >= 0.6 is 11.6 Å². The number of H-pyrrole nitrogens is 1. The summed E-state index contributed by atoms with van der Waals surface area (Å²) in [7, 11) is -3.55. The first-order chi connectivity index (χ1) is 13.3. The molecule has 0 radical (unpaired) electrons. The summed E-state index contributed by atoms with van der Waals surface area (Å²) in [5.74, 6) is 1.45. The third-order valence-corrected chi connectivity index (χ3v) is 5.88. The van der Waals surface area contributed by atoms with Gasteiger partial charge in [0.05, 0.1) is 22.8 Å². The second-order valence-electron chi connectivity index (χ2n) is 6.77. The Kier molecular flexibility index (Phi) is 4.86. The van der Waals surface area contributed by atoms with E-state index in [9.17, 15) is 13.2 Å². The molecule has 3 aromatic rings. The second kappa shape index (κ2) is 7.20. The molecule has 1 aromatic carbocycles. The Hall–Kier alpha value is -2.42. The number of aromatic amines is 1. The van der Waals surface area contributed by atoms with E-state index >= 15 is 0 Å². The Bertz CT molecular complexity index is 1200. The maximum Gasteiger partial charge on any atom is 0.256 e. The Labute approximate surface area is 166 Å². The highest BCUT2D eigenvalue weighted by molar-refractivity contribution is 7.90. The zero-order chi connectivity index (χ0) is 19.9. The van der Waals surface area contributed by atoms with E-state index in [1.54, 1.807) is 0 Å². The lowest BCUT2D eigenvalue weighted by Gasteiger charge is -2.26. The van der Waals surface area contributed by atoms with Crippen LogP contribution in [0.1, 0.15) is 17.0 Å². The minimum atomic E-state index is -3.55. The number of furan rings is 1. The molecule has 0 atom stereocenters. The number of hydrogen-bond donors (Lipinski definition) is 1. The fourth-order valence-electron chi connectivity index (χ4n) is 3.26. The number of nitrogens with one attached hydrogen (secondary N) is 1. The first-order valence-electron chi connectivity index (χ1n) is 8.69. The fraction of sp³-hybridized carbons (Fsp3) is 0.263. The van der Waals surface area contributed by atoms with Gasteiger partial charge >= 0.3 is 0 Å². The molecule has 0 unspecified atom stereocenters. The largest absolute Gasteiger partial charge is 0.460 e. The van der Waals surface area contributed by atoms with Crippen LogP contribution in [0.15, 0.2) is 50.8 Å². The molecule has 7 nitrogen and oxygen atoms in total. The van der Waals surface area contributed by atoms with Gasteiger partial charge in [-0.3, -0.25) is 14.7 Å². The molecule has 9 heteroatoms. The molecule has 0 fully saturated rings. The number of halogens is 1. The first-order valence-corrected chi connectivity index (χ1v) is 11.0. The van der Waals surface area contributed by atoms with E-state index in [2.05, 4.69) is 14.9 Å². The number of fused-ring (bicyclic) bond motifs is 1. The van der Waals surface area contributed by atoms with Gasteiger partial charge < -0.3 is 4.42 Å². The van der Waals surface area contributed by atoms with Crippen molar-refractivity contribution in [1.82, 2.24) is 14.9 Å². The van der Waals surface area contributed by atoms with E-state index in [1.807, 2.05) is 36.4 Å². The Morgan fingerprint density at radius 2 is 2.04 bits per heavy atom. The van der Waals surface area contributed by atoms with Crippen molar-refractivity contribution in [3.05, 3.63) is 68.8 Å². The Balaban J connectivity index is 1.53. The van der Waals surface area contributed by atoms with E-state index in [-0.39, 0.29) is 5.16 Å². The molecule has 0 bridgehead atoms. The monoisotopic (exact) mass is 419 g/mol. The number of aromatic nitrogens is 2. The molecule has 2 aromatic heterocycles. The van der Waals surface area contributed by atoms with Crippen LogP contribution in [0.4, 0.5) is 0 Å². The third-order valence-electron chi connectivity index (χ3n) is 4.66. The number of rotatable bonds is 4. The molecule has 3 heterocycles. The summed E-state index contributed by atoms with van der Waals surface area (Å²) in [6.07, 6.45) is 1.53. The second-order valence-corrected chi connectivity index (χ2v) is 9.11. The highest BCUT2D eigenvalue weighted by Gasteiger charge is 2.24. The topological polar surface area (TPSA) is 96.3 Å². The number of benzene rings is 1. The molecule has 1 aliphatic rings. The highest BCUT2D eigenvalue weighted by Crippen LogP contribution is 2.29. The average molecular weight is 420 g/mol. The standard InChI is InChI=1S/C19H18ClN3O4S/c1-28(25,26)19-21-16-8-9-23(11-14(16)18(24)22-19)10-12-6-7-17(27-12)13-4-2-3-5-15(13)20/h2-7H,8-11H2,1H3,(H,21,22,24). The summed E-state index contributed by atoms with van der Waals surface area (Å²) in [5, 5.41) is 0.342. The molecule has 0 aliphatic carbocycles. The molecule has 0 amide bonds. The maximum absolute atomic E-state index is 12.3. The van der Waals surface area contributed by atoms with Crippen LogP contribution in [0.2, 0.25) is 5.02 Å². The first kappa shape index (κ1) is 18.9. The molecular formula is C19H18ClN3O4S. The van der Waals surface area contributed by atoms with Gasteiger partial charge in [-0.15, -0.1) is 0 Å². The van der Waals surface area contributed by atoms with Gasteiger partial charge in [-0.05, 0) is 24.3 Å². The molecular weight excluding hydrogens is 402 g/mol. The van der Waals surface area contributed by atoms with Crippen LogP contribution < -0.4 is 5.56 Å². The average Bonchev–Trinajstić information content (AvgIpc) is 3.10. The van der Waals surface area contributed by atoms with Crippen LogP contribution in [-0.4, -0.2) is 36.1 Å². The SMILES string of the molecule is CS(=O)(=O)c1nc2c(c(=O)[nH]1)CN(Cc1ccc(-c3ccccc3Cl)o1)CC2. The summed E-state index contributed by atoms with van der Waals surface area (Å²) in [6, 6.07) is 11.2. The van der Waals surface area contributed by atoms with Crippen molar-refractivity contribution >= 4 is 21.4 Å². The maximum atomic E-state index is 12.3. The quantitative estimate of drug-likeness (QED) is 0.653. The number of hydrogen-bond acceptors (Lipinski definition) is 6. The lowest BCUT2D eigenvalue weighted by molar-refractivity contribution is 0.222. The summed E-state index contributed by atoms with van der Waals surface area (Å²) < 4.78 is 29.2. The van der Waals surface area contributed by atoms with Gasteiger partial charge in [0, 0.05) is 31.3 Å². The Morgan fingerprint density at radius 1 is 1.25 bits per heavy atom. The van der Waals surface area contributed by atoms with E-state index in [1.165, 1.54) is 0 Å². The molecule has 4 rings (SSSR count). The summed E-state index contributed by atoms with van der Waals surface area (Å²) >= 11 is 6.22. The van der Waals surface area contributed by atoms with Gasteiger partial charge in [0.25, 0.3) is 5.56 Å².